The highest BCUT2D eigenvalue weighted by Crippen LogP contribution is 2.23. The van der Waals surface area contributed by atoms with E-state index in [0.29, 0.717) is 13.1 Å². The number of hydrogen-bond acceptors (Lipinski definition) is 5. The first-order valence-electron chi connectivity index (χ1n) is 6.24. The Hall–Kier alpha value is -1.09. The van der Waals surface area contributed by atoms with E-state index in [1.54, 1.807) is 13.2 Å². The summed E-state index contributed by atoms with van der Waals surface area (Å²) in [4.78, 5) is 4.01. The number of aromatic nitrogens is 1. The molecule has 6 nitrogen and oxygen atoms in total. The van der Waals surface area contributed by atoms with Crippen molar-refractivity contribution in [3.8, 4) is 0 Å². The maximum atomic E-state index is 12.7. The van der Waals surface area contributed by atoms with Gasteiger partial charge in [0.05, 0.1) is 6.10 Å². The van der Waals surface area contributed by atoms with Crippen LogP contribution in [0.1, 0.15) is 18.5 Å². The van der Waals surface area contributed by atoms with Gasteiger partial charge in [-0.3, -0.25) is 4.98 Å². The average Bonchev–Trinajstić information content (AvgIpc) is 2.47. The van der Waals surface area contributed by atoms with Crippen LogP contribution in [0.25, 0.3) is 0 Å². The molecule has 0 spiro atoms. The van der Waals surface area contributed by atoms with Crippen LogP contribution in [0, 0.1) is 0 Å². The Morgan fingerprint density at radius 3 is 3.00 bits per heavy atom. The lowest BCUT2D eigenvalue weighted by atomic mass is 10.1. The van der Waals surface area contributed by atoms with Crippen LogP contribution in [0.3, 0.4) is 0 Å². The molecule has 2 rings (SSSR count). The van der Waals surface area contributed by atoms with Crippen molar-refractivity contribution in [1.29, 1.82) is 0 Å². The van der Waals surface area contributed by atoms with Crippen LogP contribution in [0.2, 0.25) is 0 Å². The zero-order valence-electron chi connectivity index (χ0n) is 11.2. The van der Waals surface area contributed by atoms with Gasteiger partial charge in [-0.05, 0) is 25.0 Å². The highest BCUT2D eigenvalue weighted by atomic mass is 32.2. The third-order valence-electron chi connectivity index (χ3n) is 3.30. The molecule has 2 heterocycles. The molecule has 20 heavy (non-hydrogen) atoms. The van der Waals surface area contributed by atoms with Gasteiger partial charge in [-0.1, -0.05) is 12.2 Å². The quantitative estimate of drug-likeness (QED) is 0.815. The van der Waals surface area contributed by atoms with Crippen LogP contribution in [-0.2, 0) is 14.8 Å². The average molecular weight is 315 g/mol. The first-order valence-corrected chi connectivity index (χ1v) is 8.09. The van der Waals surface area contributed by atoms with Crippen molar-refractivity contribution in [2.45, 2.75) is 23.8 Å². The molecule has 1 atom stereocenters. The van der Waals surface area contributed by atoms with Crippen molar-refractivity contribution < 1.29 is 13.2 Å². The Morgan fingerprint density at radius 2 is 2.35 bits per heavy atom. The summed E-state index contributed by atoms with van der Waals surface area (Å²) in [6.07, 6.45) is 3.02. The summed E-state index contributed by atoms with van der Waals surface area (Å²) in [6.45, 7) is 0.804. The lowest BCUT2D eigenvalue weighted by Crippen LogP contribution is -2.43. The molecule has 1 aliphatic rings. The zero-order chi connectivity index (χ0) is 14.8. The van der Waals surface area contributed by atoms with Crippen LogP contribution in [0.5, 0.6) is 0 Å². The number of thiocarbonyl (C=S) groups is 1. The summed E-state index contributed by atoms with van der Waals surface area (Å²) in [7, 11) is -2.07. The van der Waals surface area contributed by atoms with Crippen molar-refractivity contribution in [1.82, 2.24) is 9.29 Å². The molecule has 0 aliphatic carbocycles. The Bertz CT molecular complexity index is 604. The van der Waals surface area contributed by atoms with Crippen LogP contribution < -0.4 is 5.73 Å². The fraction of sp³-hybridized carbons (Fsp3) is 0.500. The molecule has 0 saturated carbocycles. The normalized spacial score (nSPS) is 20.8. The molecule has 1 aromatic rings. The van der Waals surface area contributed by atoms with E-state index >= 15 is 0 Å². The molecule has 0 radical (unpaired) electrons. The number of piperidine rings is 1. The third-order valence-corrected chi connectivity index (χ3v) is 5.39. The first-order chi connectivity index (χ1) is 9.46. The highest BCUT2D eigenvalue weighted by molar-refractivity contribution is 7.89. The van der Waals surface area contributed by atoms with Gasteiger partial charge in [0.1, 0.15) is 15.6 Å². The largest absolute Gasteiger partial charge is 0.388 e. The molecule has 1 fully saturated rings. The topological polar surface area (TPSA) is 85.5 Å². The Morgan fingerprint density at radius 1 is 1.60 bits per heavy atom. The first kappa shape index (κ1) is 15.3. The Balaban J connectivity index is 2.38. The van der Waals surface area contributed by atoms with E-state index in [4.69, 9.17) is 22.7 Å². The van der Waals surface area contributed by atoms with Gasteiger partial charge in [-0.25, -0.2) is 8.42 Å². The van der Waals surface area contributed by atoms with Crippen molar-refractivity contribution >= 4 is 27.2 Å². The number of hydrogen-bond donors (Lipinski definition) is 1. The van der Waals surface area contributed by atoms with Crippen LogP contribution in [-0.4, -0.2) is 49.0 Å². The van der Waals surface area contributed by atoms with Crippen molar-refractivity contribution in [3.05, 3.63) is 24.0 Å². The van der Waals surface area contributed by atoms with E-state index in [1.807, 2.05) is 0 Å². The Labute approximate surface area is 124 Å². The molecule has 2 N–H and O–H groups in total. The zero-order valence-corrected chi connectivity index (χ0v) is 12.8. The van der Waals surface area contributed by atoms with E-state index in [9.17, 15) is 8.42 Å². The predicted molar refractivity (Wildman–Crippen MR) is 78.9 cm³/mol. The minimum Gasteiger partial charge on any atom is -0.388 e. The van der Waals surface area contributed by atoms with E-state index in [1.165, 1.54) is 16.6 Å². The van der Waals surface area contributed by atoms with Gasteiger partial charge in [-0.15, -0.1) is 0 Å². The lowest BCUT2D eigenvalue weighted by molar-refractivity contribution is 0.0572. The lowest BCUT2D eigenvalue weighted by Gasteiger charge is -2.31. The van der Waals surface area contributed by atoms with Crippen LogP contribution in [0.15, 0.2) is 23.2 Å². The van der Waals surface area contributed by atoms with Crippen LogP contribution in [0.4, 0.5) is 0 Å². The molecule has 0 aromatic carbocycles. The number of ether oxygens (including phenoxy) is 1. The summed E-state index contributed by atoms with van der Waals surface area (Å²) in [6, 6.07) is 3.04. The fourth-order valence-electron chi connectivity index (χ4n) is 2.24. The number of pyridine rings is 1. The van der Waals surface area contributed by atoms with Crippen molar-refractivity contribution in [3.63, 3.8) is 0 Å². The standard InChI is InChI=1S/C12H17N3O3S2/c1-18-9-4-3-7-15(8-9)20(16,17)10-5-2-6-14-11(10)12(13)19/h2,5-6,9H,3-4,7-8H2,1H3,(H2,13,19). The molecular weight excluding hydrogens is 298 g/mol. The summed E-state index contributed by atoms with van der Waals surface area (Å²) < 4.78 is 32.0. The molecule has 110 valence electrons. The van der Waals surface area contributed by atoms with Gasteiger partial charge in [0, 0.05) is 26.4 Å². The maximum absolute atomic E-state index is 12.7. The fourth-order valence-corrected chi connectivity index (χ4v) is 4.13. The Kier molecular flexibility index (Phi) is 4.69. The monoisotopic (exact) mass is 315 g/mol. The number of nitrogens with zero attached hydrogens (tertiary/aromatic N) is 2. The minimum absolute atomic E-state index is 0.0236. The van der Waals surface area contributed by atoms with Gasteiger partial charge in [-0.2, -0.15) is 4.31 Å². The van der Waals surface area contributed by atoms with E-state index in [0.717, 1.165) is 12.8 Å². The number of methoxy groups -OCH3 is 1. The van der Waals surface area contributed by atoms with Gasteiger partial charge < -0.3 is 10.5 Å². The smallest absolute Gasteiger partial charge is 0.245 e. The van der Waals surface area contributed by atoms with E-state index in [-0.39, 0.29) is 21.7 Å². The summed E-state index contributed by atoms with van der Waals surface area (Å²) in [5.74, 6) is 0. The highest BCUT2D eigenvalue weighted by Gasteiger charge is 2.32. The predicted octanol–water partition coefficient (Wildman–Crippen LogP) is 0.515. The van der Waals surface area contributed by atoms with Gasteiger partial charge in [0.2, 0.25) is 10.0 Å². The molecule has 1 aliphatic heterocycles. The summed E-state index contributed by atoms with van der Waals surface area (Å²) in [5, 5.41) is 0. The third kappa shape index (κ3) is 2.98. The number of nitrogens with two attached hydrogens (primary N) is 1. The van der Waals surface area contributed by atoms with E-state index < -0.39 is 10.0 Å². The molecule has 0 bridgehead atoms. The molecule has 1 unspecified atom stereocenters. The molecular formula is C12H17N3O3S2. The van der Waals surface area contributed by atoms with Gasteiger partial charge in [0.15, 0.2) is 0 Å². The van der Waals surface area contributed by atoms with Gasteiger partial charge >= 0.3 is 0 Å². The number of rotatable bonds is 4. The second-order valence-corrected chi connectivity index (χ2v) is 6.92. The molecule has 8 heteroatoms. The SMILES string of the molecule is COC1CCCN(S(=O)(=O)c2cccnc2C(N)=S)C1. The van der Waals surface area contributed by atoms with Crippen molar-refractivity contribution in [2.24, 2.45) is 5.73 Å². The molecule has 0 amide bonds. The van der Waals surface area contributed by atoms with Crippen LogP contribution >= 0.6 is 12.2 Å². The summed E-state index contributed by atoms with van der Waals surface area (Å²) in [5.41, 5.74) is 5.70. The minimum atomic E-state index is -3.66. The van der Waals surface area contributed by atoms with Gasteiger partial charge in [0.25, 0.3) is 0 Å². The summed E-state index contributed by atoms with van der Waals surface area (Å²) >= 11 is 4.87. The number of sulfonamides is 1. The maximum Gasteiger partial charge on any atom is 0.245 e. The van der Waals surface area contributed by atoms with E-state index in [2.05, 4.69) is 4.98 Å². The molecule has 1 saturated heterocycles. The second-order valence-electron chi connectivity index (χ2n) is 4.58. The molecule has 1 aromatic heterocycles. The second kappa shape index (κ2) is 6.13. The van der Waals surface area contributed by atoms with Crippen molar-refractivity contribution in [2.75, 3.05) is 20.2 Å².